The fourth-order valence-electron chi connectivity index (χ4n) is 1.57. The Morgan fingerprint density at radius 3 is 2.70 bits per heavy atom. The average Bonchev–Trinajstić information content (AvgIpc) is 2.42. The van der Waals surface area contributed by atoms with E-state index in [-0.39, 0.29) is 22.8 Å². The molecule has 3 nitrogen and oxygen atoms in total. The van der Waals surface area contributed by atoms with Crippen LogP contribution in [-0.4, -0.2) is 5.97 Å². The maximum absolute atomic E-state index is 13.5. The van der Waals surface area contributed by atoms with Crippen LogP contribution < -0.4 is 5.73 Å². The van der Waals surface area contributed by atoms with Gasteiger partial charge in [-0.3, -0.25) is 0 Å². The van der Waals surface area contributed by atoms with Gasteiger partial charge in [0.25, 0.3) is 0 Å². The minimum absolute atomic E-state index is 0.133. The van der Waals surface area contributed by atoms with Crippen LogP contribution in [0.4, 0.5) is 10.1 Å². The number of benzene rings is 2. The van der Waals surface area contributed by atoms with Gasteiger partial charge in [0.2, 0.25) is 0 Å². The molecule has 0 atom stereocenters. The van der Waals surface area contributed by atoms with Crippen molar-refractivity contribution in [1.29, 1.82) is 0 Å². The number of rotatable bonds is 3. The zero-order valence-corrected chi connectivity index (χ0v) is 11.7. The van der Waals surface area contributed by atoms with E-state index in [0.717, 1.165) is 0 Å². The quantitative estimate of drug-likeness (QED) is 0.686. The van der Waals surface area contributed by atoms with Gasteiger partial charge in [0, 0.05) is 16.3 Å². The smallest absolute Gasteiger partial charge is 0.340 e. The minimum atomic E-state index is -0.679. The molecule has 0 bridgehead atoms. The molecular formula is C14H10Cl2FNO2. The molecule has 0 aromatic heterocycles. The van der Waals surface area contributed by atoms with E-state index in [9.17, 15) is 9.18 Å². The first-order valence-electron chi connectivity index (χ1n) is 5.63. The molecule has 0 fully saturated rings. The fraction of sp³-hybridized carbons (Fsp3) is 0.0714. The molecule has 2 rings (SSSR count). The molecule has 6 heteroatoms. The molecule has 104 valence electrons. The van der Waals surface area contributed by atoms with Crippen LogP contribution in [0.25, 0.3) is 0 Å². The van der Waals surface area contributed by atoms with Gasteiger partial charge in [0.15, 0.2) is 0 Å². The Labute approximate surface area is 125 Å². The lowest BCUT2D eigenvalue weighted by atomic mass is 10.2. The SMILES string of the molecule is Nc1ccc(Cl)c(C(=O)OCc2cc(Cl)ccc2F)c1. The van der Waals surface area contributed by atoms with Crippen molar-refractivity contribution in [2.75, 3.05) is 5.73 Å². The van der Waals surface area contributed by atoms with E-state index >= 15 is 0 Å². The highest BCUT2D eigenvalue weighted by Gasteiger charge is 2.13. The predicted molar refractivity (Wildman–Crippen MR) is 76.4 cm³/mol. The molecule has 0 aliphatic heterocycles. The third kappa shape index (κ3) is 3.40. The molecule has 2 aromatic carbocycles. The summed E-state index contributed by atoms with van der Waals surface area (Å²) in [7, 11) is 0. The van der Waals surface area contributed by atoms with Gasteiger partial charge in [-0.15, -0.1) is 0 Å². The Balaban J connectivity index is 2.12. The first-order chi connectivity index (χ1) is 9.47. The fourth-order valence-corrected chi connectivity index (χ4v) is 1.96. The highest BCUT2D eigenvalue weighted by atomic mass is 35.5. The lowest BCUT2D eigenvalue weighted by Gasteiger charge is -2.08. The van der Waals surface area contributed by atoms with E-state index in [2.05, 4.69) is 0 Å². The Morgan fingerprint density at radius 2 is 1.95 bits per heavy atom. The number of esters is 1. The summed E-state index contributed by atoms with van der Waals surface area (Å²) in [4.78, 5) is 11.9. The van der Waals surface area contributed by atoms with Crippen LogP contribution in [-0.2, 0) is 11.3 Å². The lowest BCUT2D eigenvalue weighted by Crippen LogP contribution is -2.07. The third-order valence-electron chi connectivity index (χ3n) is 2.58. The Hall–Kier alpha value is -1.78. The second-order valence-corrected chi connectivity index (χ2v) is 4.89. The molecule has 0 aliphatic rings. The maximum atomic E-state index is 13.5. The molecule has 0 radical (unpaired) electrons. The topological polar surface area (TPSA) is 52.3 Å². The molecule has 0 aliphatic carbocycles. The van der Waals surface area contributed by atoms with Crippen LogP contribution in [0.5, 0.6) is 0 Å². The van der Waals surface area contributed by atoms with Gasteiger partial charge in [0.1, 0.15) is 12.4 Å². The van der Waals surface area contributed by atoms with E-state index in [1.165, 1.54) is 30.3 Å². The second-order valence-electron chi connectivity index (χ2n) is 4.05. The second kappa shape index (κ2) is 6.11. The normalized spacial score (nSPS) is 10.3. The number of carbonyl (C=O) groups is 1. The van der Waals surface area contributed by atoms with E-state index < -0.39 is 11.8 Å². The van der Waals surface area contributed by atoms with Crippen LogP contribution in [0.2, 0.25) is 10.0 Å². The molecule has 0 saturated carbocycles. The van der Waals surface area contributed by atoms with E-state index in [4.69, 9.17) is 33.7 Å². The van der Waals surface area contributed by atoms with Crippen LogP contribution in [0.3, 0.4) is 0 Å². The molecule has 20 heavy (non-hydrogen) atoms. The van der Waals surface area contributed by atoms with Crippen molar-refractivity contribution >= 4 is 34.9 Å². The standard InChI is InChI=1S/C14H10Cl2FNO2/c15-9-1-4-13(17)8(5-9)7-20-14(19)11-6-10(18)2-3-12(11)16/h1-6H,7,18H2. The zero-order valence-electron chi connectivity index (χ0n) is 10.2. The number of nitrogens with two attached hydrogens (primary N) is 1. The summed E-state index contributed by atoms with van der Waals surface area (Å²) in [5, 5.41) is 0.579. The summed E-state index contributed by atoms with van der Waals surface area (Å²) in [5.74, 6) is -1.18. The number of hydrogen-bond donors (Lipinski definition) is 1. The minimum Gasteiger partial charge on any atom is -0.457 e. The van der Waals surface area contributed by atoms with Crippen molar-refractivity contribution in [3.8, 4) is 0 Å². The molecule has 0 unspecified atom stereocenters. The van der Waals surface area contributed by atoms with E-state index in [1.807, 2.05) is 0 Å². The molecule has 2 aromatic rings. The van der Waals surface area contributed by atoms with Crippen molar-refractivity contribution in [1.82, 2.24) is 0 Å². The Kier molecular flexibility index (Phi) is 4.47. The molecule has 0 spiro atoms. The summed E-state index contributed by atoms with van der Waals surface area (Å²) < 4.78 is 18.5. The van der Waals surface area contributed by atoms with Crippen LogP contribution in [0, 0.1) is 5.82 Å². The predicted octanol–water partition coefficient (Wildman–Crippen LogP) is 4.07. The van der Waals surface area contributed by atoms with Gasteiger partial charge in [-0.1, -0.05) is 23.2 Å². The van der Waals surface area contributed by atoms with E-state index in [1.54, 1.807) is 6.07 Å². The summed E-state index contributed by atoms with van der Waals surface area (Å²) in [5.41, 5.74) is 6.28. The van der Waals surface area contributed by atoms with Crippen molar-refractivity contribution in [2.45, 2.75) is 6.61 Å². The first-order valence-corrected chi connectivity index (χ1v) is 6.39. The number of ether oxygens (including phenoxy) is 1. The highest BCUT2D eigenvalue weighted by Crippen LogP contribution is 2.21. The zero-order chi connectivity index (χ0) is 14.7. The molecule has 2 N–H and O–H groups in total. The Bertz CT molecular complexity index is 662. The van der Waals surface area contributed by atoms with Crippen LogP contribution in [0.1, 0.15) is 15.9 Å². The van der Waals surface area contributed by atoms with Gasteiger partial charge >= 0.3 is 5.97 Å². The summed E-state index contributed by atoms with van der Waals surface area (Å²) in [6.45, 7) is -0.240. The van der Waals surface area contributed by atoms with E-state index in [0.29, 0.717) is 10.7 Å². The van der Waals surface area contributed by atoms with Gasteiger partial charge in [-0.2, -0.15) is 0 Å². The van der Waals surface area contributed by atoms with Crippen molar-refractivity contribution in [2.24, 2.45) is 0 Å². The maximum Gasteiger partial charge on any atom is 0.340 e. The van der Waals surface area contributed by atoms with Gasteiger partial charge in [-0.25, -0.2) is 9.18 Å². The monoisotopic (exact) mass is 313 g/mol. The number of halogens is 3. The average molecular weight is 314 g/mol. The number of hydrogen-bond acceptors (Lipinski definition) is 3. The molecule has 0 amide bonds. The summed E-state index contributed by atoms with van der Waals surface area (Å²) in [6.07, 6.45) is 0. The largest absolute Gasteiger partial charge is 0.457 e. The van der Waals surface area contributed by atoms with Crippen LogP contribution in [0.15, 0.2) is 36.4 Å². The number of anilines is 1. The first kappa shape index (κ1) is 14.6. The van der Waals surface area contributed by atoms with Gasteiger partial charge < -0.3 is 10.5 Å². The van der Waals surface area contributed by atoms with Crippen molar-refractivity contribution in [3.63, 3.8) is 0 Å². The highest BCUT2D eigenvalue weighted by molar-refractivity contribution is 6.33. The summed E-state index contributed by atoms with van der Waals surface area (Å²) in [6, 6.07) is 8.48. The number of nitrogen functional groups attached to an aromatic ring is 1. The van der Waals surface area contributed by atoms with Gasteiger partial charge in [-0.05, 0) is 36.4 Å². The third-order valence-corrected chi connectivity index (χ3v) is 3.14. The molecular weight excluding hydrogens is 304 g/mol. The van der Waals surface area contributed by atoms with Crippen molar-refractivity contribution < 1.29 is 13.9 Å². The molecule has 0 saturated heterocycles. The van der Waals surface area contributed by atoms with Gasteiger partial charge in [0.05, 0.1) is 10.6 Å². The lowest BCUT2D eigenvalue weighted by molar-refractivity contribution is 0.0469. The summed E-state index contributed by atoms with van der Waals surface area (Å²) >= 11 is 11.6. The number of carbonyl (C=O) groups excluding carboxylic acids is 1. The van der Waals surface area contributed by atoms with Crippen LogP contribution >= 0.6 is 23.2 Å². The Morgan fingerprint density at radius 1 is 1.20 bits per heavy atom. The molecule has 0 heterocycles. The van der Waals surface area contributed by atoms with Crippen molar-refractivity contribution in [3.05, 3.63) is 63.4 Å².